The number of carbonyl (C=O) groups is 2. The molecule has 1 N–H and O–H groups in total. The second kappa shape index (κ2) is 8.14. The Morgan fingerprint density at radius 3 is 2.83 bits per heavy atom. The molecule has 7 heteroatoms. The molecule has 0 radical (unpaired) electrons. The van der Waals surface area contributed by atoms with Gasteiger partial charge < -0.3 is 14.8 Å². The molecular weight excluding hydrogens is 320 g/mol. The molecule has 0 aliphatic carbocycles. The van der Waals surface area contributed by atoms with Gasteiger partial charge in [0.1, 0.15) is 5.75 Å². The number of nitrogens with zero attached hydrogens (tertiary/aromatic N) is 1. The Labute approximate surface area is 138 Å². The Kier molecular flexibility index (Phi) is 5.94. The van der Waals surface area contributed by atoms with Gasteiger partial charge in [-0.05, 0) is 29.8 Å². The number of nitrogens with one attached hydrogen (secondary N) is 1. The van der Waals surface area contributed by atoms with E-state index < -0.39 is 18.5 Å². The second-order valence-corrected chi connectivity index (χ2v) is 4.94. The van der Waals surface area contributed by atoms with Crippen molar-refractivity contribution in [2.75, 3.05) is 19.0 Å². The fourth-order valence-corrected chi connectivity index (χ4v) is 1.98. The lowest BCUT2D eigenvalue weighted by atomic mass is 10.1. The van der Waals surface area contributed by atoms with E-state index in [0.29, 0.717) is 11.4 Å². The molecule has 1 aromatic heterocycles. The average Bonchev–Trinajstić information content (AvgIpc) is 2.55. The molecule has 0 aliphatic rings. The molecule has 6 nitrogen and oxygen atoms in total. The molecule has 0 bridgehead atoms. The number of aromatic nitrogens is 1. The number of hydrogen-bond donors (Lipinski definition) is 1. The third-order valence-electron chi connectivity index (χ3n) is 2.88. The number of rotatable bonds is 6. The minimum absolute atomic E-state index is 0.0537. The Bertz CT molecular complexity index is 706. The molecule has 0 aliphatic heterocycles. The van der Waals surface area contributed by atoms with E-state index in [1.165, 1.54) is 6.20 Å². The van der Waals surface area contributed by atoms with Crippen molar-refractivity contribution in [2.24, 2.45) is 0 Å². The summed E-state index contributed by atoms with van der Waals surface area (Å²) in [7, 11) is 1.55. The summed E-state index contributed by atoms with van der Waals surface area (Å²) in [6, 6.07) is 10.3. The van der Waals surface area contributed by atoms with Crippen LogP contribution in [0.3, 0.4) is 0 Å². The molecule has 0 spiro atoms. The van der Waals surface area contributed by atoms with E-state index in [0.717, 1.165) is 5.56 Å². The number of carbonyl (C=O) groups excluding carboxylic acids is 2. The van der Waals surface area contributed by atoms with Crippen molar-refractivity contribution in [1.82, 2.24) is 4.98 Å². The van der Waals surface area contributed by atoms with Gasteiger partial charge in [-0.25, -0.2) is 4.98 Å². The summed E-state index contributed by atoms with van der Waals surface area (Å²) >= 11 is 5.82. The highest BCUT2D eigenvalue weighted by Gasteiger charge is 2.11. The van der Waals surface area contributed by atoms with Crippen LogP contribution in [0.25, 0.3) is 0 Å². The van der Waals surface area contributed by atoms with Gasteiger partial charge in [0.15, 0.2) is 11.8 Å². The molecule has 2 aromatic rings. The summed E-state index contributed by atoms with van der Waals surface area (Å²) < 4.78 is 10.0. The predicted molar refractivity (Wildman–Crippen MR) is 85.5 cm³/mol. The van der Waals surface area contributed by atoms with Crippen LogP contribution in [0.4, 0.5) is 5.69 Å². The van der Waals surface area contributed by atoms with Gasteiger partial charge in [0.25, 0.3) is 5.91 Å². The third kappa shape index (κ3) is 5.27. The SMILES string of the molecule is COc1cccc(CC(=O)OCC(=O)Nc2cccnc2Cl)c1. The van der Waals surface area contributed by atoms with E-state index in [2.05, 4.69) is 10.3 Å². The summed E-state index contributed by atoms with van der Waals surface area (Å²) in [4.78, 5) is 27.3. The van der Waals surface area contributed by atoms with Crippen LogP contribution >= 0.6 is 11.6 Å². The molecule has 0 unspecified atom stereocenters. The first-order valence-corrected chi connectivity index (χ1v) is 7.15. The van der Waals surface area contributed by atoms with Crippen molar-refractivity contribution in [3.63, 3.8) is 0 Å². The fraction of sp³-hybridized carbons (Fsp3) is 0.188. The molecule has 1 heterocycles. The highest BCUT2D eigenvalue weighted by Crippen LogP contribution is 2.17. The highest BCUT2D eigenvalue weighted by atomic mass is 35.5. The lowest BCUT2D eigenvalue weighted by Crippen LogP contribution is -2.21. The minimum Gasteiger partial charge on any atom is -0.497 e. The van der Waals surface area contributed by atoms with E-state index in [1.807, 2.05) is 0 Å². The molecule has 120 valence electrons. The van der Waals surface area contributed by atoms with Gasteiger partial charge in [-0.3, -0.25) is 9.59 Å². The Hall–Kier alpha value is -2.60. The van der Waals surface area contributed by atoms with Gasteiger partial charge >= 0.3 is 5.97 Å². The first-order chi connectivity index (χ1) is 11.1. The maximum absolute atomic E-state index is 11.8. The van der Waals surface area contributed by atoms with Crippen molar-refractivity contribution in [2.45, 2.75) is 6.42 Å². The maximum atomic E-state index is 11.8. The van der Waals surface area contributed by atoms with Gasteiger partial charge in [-0.2, -0.15) is 0 Å². The van der Waals surface area contributed by atoms with Gasteiger partial charge in [-0.15, -0.1) is 0 Å². The molecule has 2 rings (SSSR count). The summed E-state index contributed by atoms with van der Waals surface area (Å²) in [5.74, 6) is -0.344. The summed E-state index contributed by atoms with van der Waals surface area (Å²) in [5.41, 5.74) is 1.10. The van der Waals surface area contributed by atoms with E-state index in [4.69, 9.17) is 21.1 Å². The van der Waals surface area contributed by atoms with Crippen molar-refractivity contribution >= 4 is 29.2 Å². The molecule has 0 saturated carbocycles. The van der Waals surface area contributed by atoms with Crippen molar-refractivity contribution in [3.8, 4) is 5.75 Å². The second-order valence-electron chi connectivity index (χ2n) is 4.58. The average molecular weight is 335 g/mol. The molecular formula is C16H15ClN2O4. The first-order valence-electron chi connectivity index (χ1n) is 6.77. The highest BCUT2D eigenvalue weighted by molar-refractivity contribution is 6.32. The third-order valence-corrected chi connectivity index (χ3v) is 3.18. The van der Waals surface area contributed by atoms with E-state index >= 15 is 0 Å². The zero-order valence-corrected chi connectivity index (χ0v) is 13.2. The van der Waals surface area contributed by atoms with Gasteiger partial charge in [-0.1, -0.05) is 23.7 Å². The van der Waals surface area contributed by atoms with Gasteiger partial charge in [0.2, 0.25) is 0 Å². The predicted octanol–water partition coefficient (Wildman–Crippen LogP) is 2.47. The normalized spacial score (nSPS) is 10.0. The zero-order chi connectivity index (χ0) is 16.7. The number of pyridine rings is 1. The van der Waals surface area contributed by atoms with Crippen LogP contribution in [-0.2, 0) is 20.7 Å². The monoisotopic (exact) mass is 334 g/mol. The van der Waals surface area contributed by atoms with Crippen LogP contribution in [0.15, 0.2) is 42.6 Å². The van der Waals surface area contributed by atoms with Crippen molar-refractivity contribution in [1.29, 1.82) is 0 Å². The van der Waals surface area contributed by atoms with Gasteiger partial charge in [0, 0.05) is 6.20 Å². The quantitative estimate of drug-likeness (QED) is 0.648. The van der Waals surface area contributed by atoms with Crippen LogP contribution in [0.2, 0.25) is 5.15 Å². The molecule has 1 aromatic carbocycles. The number of anilines is 1. The Morgan fingerprint density at radius 1 is 1.26 bits per heavy atom. The van der Waals surface area contributed by atoms with Crippen LogP contribution in [0.5, 0.6) is 5.75 Å². The van der Waals surface area contributed by atoms with E-state index in [9.17, 15) is 9.59 Å². The smallest absolute Gasteiger partial charge is 0.310 e. The maximum Gasteiger partial charge on any atom is 0.310 e. The van der Waals surface area contributed by atoms with Crippen LogP contribution in [-0.4, -0.2) is 30.6 Å². The largest absolute Gasteiger partial charge is 0.497 e. The number of esters is 1. The molecule has 0 saturated heterocycles. The number of benzene rings is 1. The summed E-state index contributed by atoms with van der Waals surface area (Å²) in [6.45, 7) is -0.395. The lowest BCUT2D eigenvalue weighted by Gasteiger charge is -2.08. The number of hydrogen-bond acceptors (Lipinski definition) is 5. The molecule has 0 atom stereocenters. The Morgan fingerprint density at radius 2 is 2.09 bits per heavy atom. The number of amides is 1. The van der Waals surface area contributed by atoms with Crippen molar-refractivity contribution < 1.29 is 19.1 Å². The van der Waals surface area contributed by atoms with E-state index in [1.54, 1.807) is 43.5 Å². The number of ether oxygens (including phenoxy) is 2. The standard InChI is InChI=1S/C16H15ClN2O4/c1-22-12-5-2-4-11(8-12)9-15(21)23-10-14(20)19-13-6-3-7-18-16(13)17/h2-8H,9-10H2,1H3,(H,19,20). The fourth-order valence-electron chi connectivity index (χ4n) is 1.81. The molecule has 23 heavy (non-hydrogen) atoms. The molecule has 0 fully saturated rings. The minimum atomic E-state index is -0.509. The first kappa shape index (κ1) is 16.8. The lowest BCUT2D eigenvalue weighted by molar-refractivity contribution is -0.146. The van der Waals surface area contributed by atoms with E-state index in [-0.39, 0.29) is 11.6 Å². The van der Waals surface area contributed by atoms with Crippen molar-refractivity contribution in [3.05, 3.63) is 53.3 Å². The van der Waals surface area contributed by atoms with Crippen LogP contribution in [0, 0.1) is 0 Å². The van der Waals surface area contributed by atoms with Crippen LogP contribution in [0.1, 0.15) is 5.56 Å². The zero-order valence-electron chi connectivity index (χ0n) is 12.4. The van der Waals surface area contributed by atoms with Crippen LogP contribution < -0.4 is 10.1 Å². The topological polar surface area (TPSA) is 77.5 Å². The Balaban J connectivity index is 1.82. The summed E-state index contributed by atoms with van der Waals surface area (Å²) in [5, 5.41) is 2.69. The van der Waals surface area contributed by atoms with Gasteiger partial charge in [0.05, 0.1) is 19.2 Å². The number of halogens is 1. The summed E-state index contributed by atoms with van der Waals surface area (Å²) in [6.07, 6.45) is 1.56. The number of methoxy groups -OCH3 is 1. The molecule has 1 amide bonds.